The number of aryl methyl sites for hydroxylation is 2. The smallest absolute Gasteiger partial charge is 0.365 e. The highest BCUT2D eigenvalue weighted by Gasteiger charge is 2.43. The van der Waals surface area contributed by atoms with Crippen LogP contribution in [0.25, 0.3) is 11.3 Å². The number of morpholine rings is 1. The molecule has 24 heavy (non-hydrogen) atoms. The van der Waals surface area contributed by atoms with E-state index in [0.717, 1.165) is 17.0 Å². The maximum Gasteiger partial charge on any atom is 0.416 e. The lowest BCUT2D eigenvalue weighted by Gasteiger charge is -2.33. The molecule has 0 bridgehead atoms. The third-order valence-corrected chi connectivity index (χ3v) is 3.86. The monoisotopic (exact) mass is 338 g/mol. The average Bonchev–Trinajstić information content (AvgIpc) is 2.54. The number of ether oxygens (including phenoxy) is 1. The summed E-state index contributed by atoms with van der Waals surface area (Å²) in [7, 11) is 0. The summed E-state index contributed by atoms with van der Waals surface area (Å²) in [5.41, 5.74) is 3.19. The van der Waals surface area contributed by atoms with E-state index in [2.05, 4.69) is 15.0 Å². The van der Waals surface area contributed by atoms with Crippen molar-refractivity contribution in [1.29, 1.82) is 0 Å². The van der Waals surface area contributed by atoms with Crippen molar-refractivity contribution in [2.45, 2.75) is 26.1 Å². The minimum Gasteiger partial charge on any atom is -0.365 e. The topological polar surface area (TPSA) is 51.1 Å². The van der Waals surface area contributed by atoms with Crippen molar-refractivity contribution in [1.82, 2.24) is 15.0 Å². The minimum atomic E-state index is -4.40. The van der Waals surface area contributed by atoms with Crippen molar-refractivity contribution in [3.05, 3.63) is 35.8 Å². The number of anilines is 1. The van der Waals surface area contributed by atoms with E-state index in [9.17, 15) is 13.2 Å². The van der Waals surface area contributed by atoms with Crippen molar-refractivity contribution in [2.24, 2.45) is 0 Å². The van der Waals surface area contributed by atoms with Gasteiger partial charge in [0, 0.05) is 29.7 Å². The fourth-order valence-electron chi connectivity index (χ4n) is 2.64. The van der Waals surface area contributed by atoms with Crippen LogP contribution in [0.3, 0.4) is 0 Å². The molecule has 2 aromatic rings. The number of hydrogen-bond acceptors (Lipinski definition) is 5. The van der Waals surface area contributed by atoms with Crippen molar-refractivity contribution < 1.29 is 17.9 Å². The number of halogens is 3. The molecular formula is C16H17F3N4O. The van der Waals surface area contributed by atoms with Gasteiger partial charge in [0.05, 0.1) is 18.8 Å². The SMILES string of the molecule is Cc1ccc(-c2ccnc(N3CCO[C@@H](C(F)(F)F)C3)n2)c(C)n1. The second-order valence-corrected chi connectivity index (χ2v) is 5.67. The standard InChI is InChI=1S/C16H17F3N4O/c1-10-3-4-12(11(2)21-10)13-5-6-20-15(22-13)23-7-8-24-14(9-23)16(17,18)19/h3-6,14H,7-9H2,1-2H3/t14-/m1/s1. The summed E-state index contributed by atoms with van der Waals surface area (Å²) in [6, 6.07) is 5.50. The molecule has 1 aliphatic rings. The molecule has 1 aliphatic heterocycles. The van der Waals surface area contributed by atoms with E-state index < -0.39 is 12.3 Å². The Morgan fingerprint density at radius 1 is 1.17 bits per heavy atom. The summed E-state index contributed by atoms with van der Waals surface area (Å²) < 4.78 is 43.4. The highest BCUT2D eigenvalue weighted by Crippen LogP contribution is 2.28. The zero-order valence-corrected chi connectivity index (χ0v) is 13.3. The Kier molecular flexibility index (Phi) is 4.40. The first-order valence-electron chi connectivity index (χ1n) is 7.55. The van der Waals surface area contributed by atoms with Crippen LogP contribution < -0.4 is 4.90 Å². The third kappa shape index (κ3) is 3.48. The molecule has 0 saturated carbocycles. The van der Waals surface area contributed by atoms with Gasteiger partial charge in [-0.3, -0.25) is 4.98 Å². The van der Waals surface area contributed by atoms with Gasteiger partial charge in [-0.15, -0.1) is 0 Å². The molecule has 8 heteroatoms. The van der Waals surface area contributed by atoms with Gasteiger partial charge >= 0.3 is 6.18 Å². The van der Waals surface area contributed by atoms with Crippen LogP contribution in [0.2, 0.25) is 0 Å². The number of rotatable bonds is 2. The molecule has 5 nitrogen and oxygen atoms in total. The van der Waals surface area contributed by atoms with E-state index in [1.54, 1.807) is 12.3 Å². The molecule has 1 atom stereocenters. The molecule has 3 heterocycles. The fraction of sp³-hybridized carbons (Fsp3) is 0.438. The summed E-state index contributed by atoms with van der Waals surface area (Å²) in [5, 5.41) is 0. The van der Waals surface area contributed by atoms with Gasteiger partial charge in [0.15, 0.2) is 6.10 Å². The van der Waals surface area contributed by atoms with Crippen LogP contribution in [0.4, 0.5) is 19.1 Å². The number of nitrogens with zero attached hydrogens (tertiary/aromatic N) is 4. The van der Waals surface area contributed by atoms with E-state index in [1.807, 2.05) is 26.0 Å². The van der Waals surface area contributed by atoms with E-state index >= 15 is 0 Å². The number of pyridine rings is 1. The van der Waals surface area contributed by atoms with Gasteiger partial charge in [0.2, 0.25) is 5.95 Å². The van der Waals surface area contributed by atoms with Crippen LogP contribution in [0, 0.1) is 13.8 Å². The van der Waals surface area contributed by atoms with Gasteiger partial charge in [-0.2, -0.15) is 13.2 Å². The van der Waals surface area contributed by atoms with Crippen molar-refractivity contribution in [2.75, 3.05) is 24.6 Å². The third-order valence-electron chi connectivity index (χ3n) is 3.86. The maximum atomic E-state index is 12.9. The molecule has 128 valence electrons. The number of aromatic nitrogens is 3. The number of hydrogen-bond donors (Lipinski definition) is 0. The van der Waals surface area contributed by atoms with E-state index in [0.29, 0.717) is 12.2 Å². The Morgan fingerprint density at radius 3 is 2.67 bits per heavy atom. The minimum absolute atomic E-state index is 0.0110. The normalized spacial score (nSPS) is 18.7. The van der Waals surface area contributed by atoms with Crippen LogP contribution in [0.1, 0.15) is 11.4 Å². The molecule has 0 radical (unpaired) electrons. The summed E-state index contributed by atoms with van der Waals surface area (Å²) in [4.78, 5) is 14.4. The molecule has 1 fully saturated rings. The summed E-state index contributed by atoms with van der Waals surface area (Å²) in [5.74, 6) is 0.269. The Hall–Kier alpha value is -2.22. The Morgan fingerprint density at radius 2 is 1.96 bits per heavy atom. The number of alkyl halides is 3. The highest BCUT2D eigenvalue weighted by molar-refractivity contribution is 5.62. The molecule has 1 saturated heterocycles. The lowest BCUT2D eigenvalue weighted by Crippen LogP contribution is -2.49. The predicted molar refractivity (Wildman–Crippen MR) is 82.7 cm³/mol. The Balaban J connectivity index is 1.88. The van der Waals surface area contributed by atoms with Crippen molar-refractivity contribution >= 4 is 5.95 Å². The van der Waals surface area contributed by atoms with Crippen LogP contribution in [0.5, 0.6) is 0 Å². The van der Waals surface area contributed by atoms with Crippen molar-refractivity contribution in [3.63, 3.8) is 0 Å². The van der Waals surface area contributed by atoms with Crippen LogP contribution in [-0.2, 0) is 4.74 Å². The first-order valence-corrected chi connectivity index (χ1v) is 7.55. The maximum absolute atomic E-state index is 12.9. The Labute approximate surface area is 137 Å². The predicted octanol–water partition coefficient (Wildman–Crippen LogP) is 2.92. The first-order chi connectivity index (χ1) is 11.3. The van der Waals surface area contributed by atoms with Crippen LogP contribution >= 0.6 is 0 Å². The molecule has 0 amide bonds. The molecule has 3 rings (SSSR count). The average molecular weight is 338 g/mol. The summed E-state index contributed by atoms with van der Waals surface area (Å²) in [6.07, 6.45) is -4.66. The molecule has 0 unspecified atom stereocenters. The van der Waals surface area contributed by atoms with Crippen LogP contribution in [0.15, 0.2) is 24.4 Å². The highest BCUT2D eigenvalue weighted by atomic mass is 19.4. The lowest BCUT2D eigenvalue weighted by molar-refractivity contribution is -0.221. The molecular weight excluding hydrogens is 321 g/mol. The second kappa shape index (κ2) is 6.35. The quantitative estimate of drug-likeness (QED) is 0.843. The largest absolute Gasteiger partial charge is 0.416 e. The molecule has 0 spiro atoms. The Bertz CT molecular complexity index is 736. The zero-order valence-electron chi connectivity index (χ0n) is 13.3. The first kappa shape index (κ1) is 16.6. The van der Waals surface area contributed by atoms with Crippen LogP contribution in [-0.4, -0.2) is 46.9 Å². The van der Waals surface area contributed by atoms with Gasteiger partial charge in [-0.25, -0.2) is 9.97 Å². The summed E-state index contributed by atoms with van der Waals surface area (Å²) in [6.45, 7) is 3.77. The molecule has 0 N–H and O–H groups in total. The van der Waals surface area contributed by atoms with E-state index in [1.165, 1.54) is 4.90 Å². The lowest BCUT2D eigenvalue weighted by atomic mass is 10.1. The van der Waals surface area contributed by atoms with Gasteiger partial charge < -0.3 is 9.64 Å². The molecule has 2 aromatic heterocycles. The second-order valence-electron chi connectivity index (χ2n) is 5.67. The van der Waals surface area contributed by atoms with Gasteiger partial charge in [-0.05, 0) is 32.0 Å². The van der Waals surface area contributed by atoms with Gasteiger partial charge in [0.25, 0.3) is 0 Å². The van der Waals surface area contributed by atoms with Gasteiger partial charge in [-0.1, -0.05) is 0 Å². The molecule has 0 aliphatic carbocycles. The van der Waals surface area contributed by atoms with E-state index in [4.69, 9.17) is 4.74 Å². The fourth-order valence-corrected chi connectivity index (χ4v) is 2.64. The van der Waals surface area contributed by atoms with Crippen molar-refractivity contribution in [3.8, 4) is 11.3 Å². The zero-order chi connectivity index (χ0) is 17.3. The molecule has 0 aromatic carbocycles. The summed E-state index contributed by atoms with van der Waals surface area (Å²) >= 11 is 0. The van der Waals surface area contributed by atoms with Gasteiger partial charge in [0.1, 0.15) is 0 Å². The van der Waals surface area contributed by atoms with E-state index in [-0.39, 0.29) is 19.1 Å².